The van der Waals surface area contributed by atoms with Gasteiger partial charge in [-0.2, -0.15) is 0 Å². The maximum atomic E-state index is 4.05. The molecule has 0 spiro atoms. The third kappa shape index (κ3) is 3.40. The molecule has 0 aliphatic carbocycles. The van der Waals surface area contributed by atoms with E-state index in [0.717, 1.165) is 13.0 Å². The van der Waals surface area contributed by atoms with Crippen LogP contribution in [0.25, 0.3) is 0 Å². The zero-order valence-electron chi connectivity index (χ0n) is 10.1. The molecule has 88 valence electrons. The molecule has 0 saturated heterocycles. The molecular formula is C15H18N2. The van der Waals surface area contributed by atoms with Crippen LogP contribution in [0.15, 0.2) is 54.9 Å². The third-order valence-corrected chi connectivity index (χ3v) is 2.84. The first-order valence-electron chi connectivity index (χ1n) is 6.07. The second kappa shape index (κ2) is 6.16. The molecule has 0 radical (unpaired) electrons. The van der Waals surface area contributed by atoms with Crippen LogP contribution in [-0.4, -0.2) is 11.5 Å². The van der Waals surface area contributed by atoms with Crippen molar-refractivity contribution >= 4 is 0 Å². The smallest absolute Gasteiger partial charge is 0.0360 e. The number of hydrogen-bond donors (Lipinski definition) is 1. The van der Waals surface area contributed by atoms with Gasteiger partial charge in [-0.1, -0.05) is 37.3 Å². The molecule has 1 atom stereocenters. The number of nitrogens with zero attached hydrogens (tertiary/aromatic N) is 1. The van der Waals surface area contributed by atoms with Crippen LogP contribution in [0.5, 0.6) is 0 Å². The van der Waals surface area contributed by atoms with Crippen LogP contribution in [0.3, 0.4) is 0 Å². The van der Waals surface area contributed by atoms with E-state index in [-0.39, 0.29) is 0 Å². The van der Waals surface area contributed by atoms with Crippen LogP contribution in [0.4, 0.5) is 0 Å². The van der Waals surface area contributed by atoms with Crippen LogP contribution < -0.4 is 5.32 Å². The van der Waals surface area contributed by atoms with Gasteiger partial charge in [0, 0.05) is 18.4 Å². The number of rotatable bonds is 5. The molecule has 0 saturated carbocycles. The number of likely N-dealkylation sites (N-methyl/N-ethyl adjacent to an activating group) is 1. The van der Waals surface area contributed by atoms with Gasteiger partial charge in [-0.25, -0.2) is 0 Å². The van der Waals surface area contributed by atoms with Gasteiger partial charge in [-0.05, 0) is 36.2 Å². The van der Waals surface area contributed by atoms with Crippen LogP contribution in [0, 0.1) is 0 Å². The minimum atomic E-state index is 0.378. The highest BCUT2D eigenvalue weighted by atomic mass is 14.9. The summed E-state index contributed by atoms with van der Waals surface area (Å²) >= 11 is 0. The predicted molar refractivity (Wildman–Crippen MR) is 70.8 cm³/mol. The van der Waals surface area contributed by atoms with Crippen molar-refractivity contribution in [2.45, 2.75) is 19.4 Å². The average molecular weight is 226 g/mol. The molecule has 0 bridgehead atoms. The number of nitrogens with one attached hydrogen (secondary N) is 1. The molecule has 2 heteroatoms. The zero-order valence-corrected chi connectivity index (χ0v) is 10.1. The summed E-state index contributed by atoms with van der Waals surface area (Å²) < 4.78 is 0. The van der Waals surface area contributed by atoms with Crippen molar-refractivity contribution in [2.24, 2.45) is 0 Å². The highest BCUT2D eigenvalue weighted by Crippen LogP contribution is 2.17. The first-order chi connectivity index (χ1) is 8.40. The average Bonchev–Trinajstić information content (AvgIpc) is 2.40. The van der Waals surface area contributed by atoms with Crippen LogP contribution in [-0.2, 0) is 6.42 Å². The molecule has 0 aliphatic heterocycles. The fraction of sp³-hybridized carbons (Fsp3) is 0.267. The Kier molecular flexibility index (Phi) is 4.28. The topological polar surface area (TPSA) is 24.9 Å². The first kappa shape index (κ1) is 11.8. The summed E-state index contributed by atoms with van der Waals surface area (Å²) in [5, 5.41) is 3.53. The van der Waals surface area contributed by atoms with Gasteiger partial charge in [0.2, 0.25) is 0 Å². The monoisotopic (exact) mass is 226 g/mol. The Balaban J connectivity index is 2.13. The van der Waals surface area contributed by atoms with Gasteiger partial charge in [0.1, 0.15) is 0 Å². The van der Waals surface area contributed by atoms with Crippen molar-refractivity contribution in [1.29, 1.82) is 0 Å². The lowest BCUT2D eigenvalue weighted by atomic mass is 9.99. The molecule has 0 aliphatic rings. The van der Waals surface area contributed by atoms with E-state index in [4.69, 9.17) is 0 Å². The van der Waals surface area contributed by atoms with Gasteiger partial charge < -0.3 is 5.32 Å². The molecule has 1 aromatic carbocycles. The normalized spacial score (nSPS) is 12.3. The van der Waals surface area contributed by atoms with Crippen molar-refractivity contribution in [1.82, 2.24) is 10.3 Å². The summed E-state index contributed by atoms with van der Waals surface area (Å²) in [6, 6.07) is 15.1. The summed E-state index contributed by atoms with van der Waals surface area (Å²) in [5.41, 5.74) is 2.65. The first-order valence-corrected chi connectivity index (χ1v) is 6.07. The predicted octanol–water partition coefficient (Wildman–Crippen LogP) is 2.97. The number of hydrogen-bond acceptors (Lipinski definition) is 2. The van der Waals surface area contributed by atoms with E-state index in [9.17, 15) is 0 Å². The van der Waals surface area contributed by atoms with Crippen molar-refractivity contribution in [3.05, 3.63) is 66.0 Å². The van der Waals surface area contributed by atoms with Crippen LogP contribution in [0.1, 0.15) is 24.1 Å². The Morgan fingerprint density at radius 3 is 2.41 bits per heavy atom. The van der Waals surface area contributed by atoms with Gasteiger partial charge in [-0.15, -0.1) is 0 Å². The number of pyridine rings is 1. The third-order valence-electron chi connectivity index (χ3n) is 2.84. The minimum absolute atomic E-state index is 0.378. The lowest BCUT2D eigenvalue weighted by Crippen LogP contribution is -2.22. The molecular weight excluding hydrogens is 208 g/mol. The summed E-state index contributed by atoms with van der Waals surface area (Å²) in [5.74, 6) is 0. The standard InChI is InChI=1S/C15H18N2/c1-2-17-15(14-6-4-3-5-7-14)12-13-8-10-16-11-9-13/h3-11,15,17H,2,12H2,1H3. The molecule has 2 nitrogen and oxygen atoms in total. The fourth-order valence-electron chi connectivity index (χ4n) is 1.99. The minimum Gasteiger partial charge on any atom is -0.310 e. The van der Waals surface area contributed by atoms with E-state index in [1.54, 1.807) is 0 Å². The fourth-order valence-corrected chi connectivity index (χ4v) is 1.99. The second-order valence-electron chi connectivity index (χ2n) is 4.08. The Hall–Kier alpha value is -1.67. The lowest BCUT2D eigenvalue weighted by molar-refractivity contribution is 0.549. The van der Waals surface area contributed by atoms with E-state index < -0.39 is 0 Å². The van der Waals surface area contributed by atoms with E-state index in [0.29, 0.717) is 6.04 Å². The second-order valence-corrected chi connectivity index (χ2v) is 4.08. The van der Waals surface area contributed by atoms with E-state index in [1.807, 2.05) is 12.4 Å². The molecule has 2 aromatic rings. The molecule has 2 rings (SSSR count). The molecule has 1 aromatic heterocycles. The number of aromatic nitrogens is 1. The summed E-state index contributed by atoms with van der Waals surface area (Å²) in [6.07, 6.45) is 4.70. The summed E-state index contributed by atoms with van der Waals surface area (Å²) in [6.45, 7) is 3.12. The Bertz CT molecular complexity index is 425. The van der Waals surface area contributed by atoms with Crippen molar-refractivity contribution < 1.29 is 0 Å². The molecule has 0 fully saturated rings. The summed E-state index contributed by atoms with van der Waals surface area (Å²) in [7, 11) is 0. The van der Waals surface area contributed by atoms with Crippen LogP contribution >= 0.6 is 0 Å². The Labute approximate surface area is 103 Å². The van der Waals surface area contributed by atoms with Gasteiger partial charge in [0.05, 0.1) is 0 Å². The van der Waals surface area contributed by atoms with Gasteiger partial charge in [-0.3, -0.25) is 4.98 Å². The molecule has 17 heavy (non-hydrogen) atoms. The number of benzene rings is 1. The Morgan fingerprint density at radius 1 is 1.06 bits per heavy atom. The molecule has 1 heterocycles. The van der Waals surface area contributed by atoms with Gasteiger partial charge >= 0.3 is 0 Å². The van der Waals surface area contributed by atoms with E-state index in [2.05, 4.69) is 59.7 Å². The van der Waals surface area contributed by atoms with E-state index in [1.165, 1.54) is 11.1 Å². The largest absolute Gasteiger partial charge is 0.310 e. The van der Waals surface area contributed by atoms with Gasteiger partial charge in [0.15, 0.2) is 0 Å². The highest BCUT2D eigenvalue weighted by molar-refractivity contribution is 5.22. The summed E-state index contributed by atoms with van der Waals surface area (Å²) in [4.78, 5) is 4.05. The maximum absolute atomic E-state index is 4.05. The highest BCUT2D eigenvalue weighted by Gasteiger charge is 2.10. The van der Waals surface area contributed by atoms with Gasteiger partial charge in [0.25, 0.3) is 0 Å². The SMILES string of the molecule is CCNC(Cc1ccncc1)c1ccccc1. The Morgan fingerprint density at radius 2 is 1.76 bits per heavy atom. The zero-order chi connectivity index (χ0) is 11.9. The maximum Gasteiger partial charge on any atom is 0.0360 e. The van der Waals surface area contributed by atoms with E-state index >= 15 is 0 Å². The molecule has 1 N–H and O–H groups in total. The quantitative estimate of drug-likeness (QED) is 0.847. The lowest BCUT2D eigenvalue weighted by Gasteiger charge is -2.18. The van der Waals surface area contributed by atoms with Crippen LogP contribution in [0.2, 0.25) is 0 Å². The van der Waals surface area contributed by atoms with Crippen molar-refractivity contribution in [2.75, 3.05) is 6.54 Å². The molecule has 0 amide bonds. The molecule has 1 unspecified atom stereocenters. The van der Waals surface area contributed by atoms with Crippen molar-refractivity contribution in [3.63, 3.8) is 0 Å². The van der Waals surface area contributed by atoms with Crippen molar-refractivity contribution in [3.8, 4) is 0 Å².